The van der Waals surface area contributed by atoms with Crippen molar-refractivity contribution in [2.75, 3.05) is 13.1 Å². The minimum atomic E-state index is -0.391. The molecule has 108 valence electrons. The zero-order valence-electron chi connectivity index (χ0n) is 11.8. The molecule has 2 rings (SSSR count). The minimum Gasteiger partial charge on any atom is -0.351 e. The molecule has 0 aromatic heterocycles. The van der Waals surface area contributed by atoms with Gasteiger partial charge in [0.25, 0.3) is 0 Å². The maximum atomic E-state index is 12.5. The van der Waals surface area contributed by atoms with Gasteiger partial charge in [0.2, 0.25) is 5.91 Å². The van der Waals surface area contributed by atoms with Gasteiger partial charge >= 0.3 is 6.03 Å². The van der Waals surface area contributed by atoms with Crippen LogP contribution in [-0.4, -0.2) is 36.0 Å². The van der Waals surface area contributed by atoms with Crippen LogP contribution in [-0.2, 0) is 4.79 Å². The van der Waals surface area contributed by atoms with E-state index in [2.05, 4.69) is 12.2 Å². The number of hydrogen-bond donors (Lipinski definition) is 2. The highest BCUT2D eigenvalue weighted by atomic mass is 16.2. The number of hydrogen-bond acceptors (Lipinski definition) is 2. The molecule has 0 radical (unpaired) electrons. The van der Waals surface area contributed by atoms with Crippen LogP contribution >= 0.6 is 0 Å². The first kappa shape index (κ1) is 14.2. The molecule has 1 heterocycles. The van der Waals surface area contributed by atoms with Gasteiger partial charge in [-0.1, -0.05) is 32.6 Å². The van der Waals surface area contributed by atoms with Crippen LogP contribution in [0.15, 0.2) is 0 Å². The smallest absolute Gasteiger partial charge is 0.314 e. The second-order valence-corrected chi connectivity index (χ2v) is 6.22. The fourth-order valence-electron chi connectivity index (χ4n) is 3.17. The Hall–Kier alpha value is -1.26. The largest absolute Gasteiger partial charge is 0.351 e. The maximum absolute atomic E-state index is 12.5. The quantitative estimate of drug-likeness (QED) is 0.746. The van der Waals surface area contributed by atoms with Crippen molar-refractivity contribution in [2.45, 2.75) is 57.9 Å². The molecular weight excluding hydrogens is 242 g/mol. The van der Waals surface area contributed by atoms with Crippen LogP contribution in [0.1, 0.15) is 51.9 Å². The number of urea groups is 1. The second kappa shape index (κ2) is 5.80. The summed E-state index contributed by atoms with van der Waals surface area (Å²) < 4.78 is 0. The summed E-state index contributed by atoms with van der Waals surface area (Å²) in [4.78, 5) is 25.1. The topological polar surface area (TPSA) is 75.4 Å². The molecule has 0 aromatic carbocycles. The molecule has 2 fully saturated rings. The highest BCUT2D eigenvalue weighted by Gasteiger charge is 2.36. The van der Waals surface area contributed by atoms with Crippen LogP contribution < -0.4 is 11.1 Å². The summed E-state index contributed by atoms with van der Waals surface area (Å²) in [7, 11) is 0. The van der Waals surface area contributed by atoms with Gasteiger partial charge in [0.1, 0.15) is 0 Å². The number of nitrogens with one attached hydrogen (secondary N) is 1. The average Bonchev–Trinajstić information content (AvgIpc) is 2.71. The van der Waals surface area contributed by atoms with Gasteiger partial charge in [0.15, 0.2) is 0 Å². The van der Waals surface area contributed by atoms with Gasteiger partial charge in [-0.2, -0.15) is 0 Å². The highest BCUT2D eigenvalue weighted by molar-refractivity contribution is 5.82. The van der Waals surface area contributed by atoms with Crippen molar-refractivity contribution >= 4 is 11.9 Å². The van der Waals surface area contributed by atoms with Crippen LogP contribution in [0, 0.1) is 5.41 Å². The molecule has 1 saturated heterocycles. The summed E-state index contributed by atoms with van der Waals surface area (Å²) in [6.07, 6.45) is 7.52. The van der Waals surface area contributed by atoms with Crippen molar-refractivity contribution in [2.24, 2.45) is 11.1 Å². The first-order valence-electron chi connectivity index (χ1n) is 7.37. The molecule has 3 amide bonds. The molecule has 5 heteroatoms. The van der Waals surface area contributed by atoms with Crippen molar-refractivity contribution in [3.8, 4) is 0 Å². The van der Waals surface area contributed by atoms with E-state index in [1.807, 2.05) is 0 Å². The molecule has 1 aliphatic heterocycles. The predicted molar refractivity (Wildman–Crippen MR) is 73.5 cm³/mol. The zero-order chi connectivity index (χ0) is 13.9. The number of nitrogens with two attached hydrogens (primary N) is 1. The van der Waals surface area contributed by atoms with Gasteiger partial charge in [0, 0.05) is 24.5 Å². The summed E-state index contributed by atoms with van der Waals surface area (Å²) in [6.45, 7) is 3.28. The van der Waals surface area contributed by atoms with E-state index in [9.17, 15) is 9.59 Å². The minimum absolute atomic E-state index is 0.0695. The lowest BCUT2D eigenvalue weighted by molar-refractivity contribution is -0.131. The summed E-state index contributed by atoms with van der Waals surface area (Å²) in [5.74, 6) is 0.158. The third kappa shape index (κ3) is 3.39. The first-order valence-corrected chi connectivity index (χ1v) is 7.37. The first-order chi connectivity index (χ1) is 9.01. The molecule has 0 aromatic rings. The van der Waals surface area contributed by atoms with Crippen molar-refractivity contribution in [1.82, 2.24) is 10.2 Å². The Balaban J connectivity index is 1.88. The Bertz CT molecular complexity index is 349. The number of carbonyl (C=O) groups is 2. The molecule has 1 aliphatic carbocycles. The number of nitrogens with zero attached hydrogens (tertiary/aromatic N) is 1. The Morgan fingerprint density at radius 1 is 1.21 bits per heavy atom. The Kier molecular flexibility index (Phi) is 4.32. The van der Waals surface area contributed by atoms with E-state index in [4.69, 9.17) is 5.73 Å². The Morgan fingerprint density at radius 3 is 2.37 bits per heavy atom. The molecule has 19 heavy (non-hydrogen) atoms. The SMILES string of the molecule is CC1(C(=O)N[C@@H]2CCN(C(N)=O)C2)CCCCCC1. The van der Waals surface area contributed by atoms with Gasteiger partial charge in [-0.25, -0.2) is 4.79 Å². The third-order valence-corrected chi connectivity index (χ3v) is 4.59. The molecule has 3 N–H and O–H groups in total. The number of amides is 3. The molecule has 0 spiro atoms. The average molecular weight is 267 g/mol. The Labute approximate surface area is 114 Å². The van der Waals surface area contributed by atoms with Crippen LogP contribution in [0.4, 0.5) is 4.79 Å². The lowest BCUT2D eigenvalue weighted by Crippen LogP contribution is -2.46. The van der Waals surface area contributed by atoms with Gasteiger partial charge in [-0.05, 0) is 19.3 Å². The van der Waals surface area contributed by atoms with E-state index >= 15 is 0 Å². The van der Waals surface area contributed by atoms with Crippen molar-refractivity contribution in [3.05, 3.63) is 0 Å². The highest BCUT2D eigenvalue weighted by Crippen LogP contribution is 2.35. The molecule has 0 unspecified atom stereocenters. The van der Waals surface area contributed by atoms with Crippen molar-refractivity contribution in [3.63, 3.8) is 0 Å². The van der Waals surface area contributed by atoms with E-state index < -0.39 is 6.03 Å². The van der Waals surface area contributed by atoms with Crippen molar-refractivity contribution < 1.29 is 9.59 Å². The summed E-state index contributed by atoms with van der Waals surface area (Å²) >= 11 is 0. The van der Waals surface area contributed by atoms with E-state index in [0.29, 0.717) is 13.1 Å². The fourth-order valence-corrected chi connectivity index (χ4v) is 3.17. The molecule has 2 aliphatic rings. The van der Waals surface area contributed by atoms with Crippen LogP contribution in [0.25, 0.3) is 0 Å². The third-order valence-electron chi connectivity index (χ3n) is 4.59. The van der Waals surface area contributed by atoms with E-state index in [-0.39, 0.29) is 17.4 Å². The van der Waals surface area contributed by atoms with Gasteiger partial charge in [-0.15, -0.1) is 0 Å². The van der Waals surface area contributed by atoms with Gasteiger partial charge in [0.05, 0.1) is 0 Å². The maximum Gasteiger partial charge on any atom is 0.314 e. The molecule has 5 nitrogen and oxygen atoms in total. The monoisotopic (exact) mass is 267 g/mol. The second-order valence-electron chi connectivity index (χ2n) is 6.22. The normalized spacial score (nSPS) is 26.8. The lowest BCUT2D eigenvalue weighted by Gasteiger charge is -2.28. The lowest BCUT2D eigenvalue weighted by atomic mass is 9.81. The Morgan fingerprint density at radius 2 is 1.84 bits per heavy atom. The predicted octanol–water partition coefficient (Wildman–Crippen LogP) is 1.62. The molecule has 0 bridgehead atoms. The van der Waals surface area contributed by atoms with E-state index in [1.54, 1.807) is 4.90 Å². The standard InChI is InChI=1S/C14H25N3O2/c1-14(7-4-2-3-5-8-14)12(18)16-11-6-9-17(10-11)13(15)19/h11H,2-10H2,1H3,(H2,15,19)(H,16,18)/t11-/m1/s1. The fraction of sp³-hybridized carbons (Fsp3) is 0.857. The summed E-state index contributed by atoms with van der Waals surface area (Å²) in [5, 5.41) is 3.11. The van der Waals surface area contributed by atoms with Crippen LogP contribution in [0.5, 0.6) is 0 Å². The summed E-state index contributed by atoms with van der Waals surface area (Å²) in [6, 6.07) is -0.322. The van der Waals surface area contributed by atoms with Crippen molar-refractivity contribution in [1.29, 1.82) is 0 Å². The number of primary amides is 1. The van der Waals surface area contributed by atoms with E-state index in [0.717, 1.165) is 32.1 Å². The summed E-state index contributed by atoms with van der Waals surface area (Å²) in [5.41, 5.74) is 5.03. The van der Waals surface area contributed by atoms with E-state index in [1.165, 1.54) is 12.8 Å². The molecular formula is C14H25N3O2. The number of rotatable bonds is 2. The van der Waals surface area contributed by atoms with Gasteiger partial charge in [-0.3, -0.25) is 4.79 Å². The van der Waals surface area contributed by atoms with Gasteiger partial charge < -0.3 is 16.0 Å². The number of likely N-dealkylation sites (tertiary alicyclic amines) is 1. The molecule has 1 atom stereocenters. The molecule has 1 saturated carbocycles. The number of carbonyl (C=O) groups excluding carboxylic acids is 2. The zero-order valence-corrected chi connectivity index (χ0v) is 11.8. The van der Waals surface area contributed by atoms with Crippen LogP contribution in [0.2, 0.25) is 0 Å². The van der Waals surface area contributed by atoms with Crippen LogP contribution in [0.3, 0.4) is 0 Å².